The zero-order valence-electron chi connectivity index (χ0n) is 13.2. The van der Waals surface area contributed by atoms with Gasteiger partial charge in [-0.3, -0.25) is 4.79 Å². The van der Waals surface area contributed by atoms with Gasteiger partial charge in [-0.2, -0.15) is 0 Å². The minimum atomic E-state index is -3.71. The molecule has 0 bridgehead atoms. The van der Waals surface area contributed by atoms with Crippen LogP contribution in [-0.4, -0.2) is 44.9 Å². The van der Waals surface area contributed by atoms with Gasteiger partial charge in [0.1, 0.15) is 0 Å². The third-order valence-electron chi connectivity index (χ3n) is 4.23. The molecule has 134 valence electrons. The van der Waals surface area contributed by atoms with E-state index in [1.165, 1.54) is 6.07 Å². The van der Waals surface area contributed by atoms with Crippen molar-refractivity contribution in [2.45, 2.75) is 37.0 Å². The van der Waals surface area contributed by atoms with Crippen molar-refractivity contribution in [2.75, 3.05) is 19.6 Å². The van der Waals surface area contributed by atoms with E-state index in [1.54, 1.807) is 17.0 Å². The number of carbonyl (C=O) groups excluding carboxylic acids is 1. The van der Waals surface area contributed by atoms with E-state index < -0.39 is 10.0 Å². The summed E-state index contributed by atoms with van der Waals surface area (Å²) in [5.41, 5.74) is 7.72. The Morgan fingerprint density at radius 2 is 2.08 bits per heavy atom. The number of nitrogens with one attached hydrogen (secondary N) is 1. The first-order chi connectivity index (χ1) is 11.0. The highest BCUT2D eigenvalue weighted by molar-refractivity contribution is 7.89. The maximum atomic E-state index is 12.3. The number of nitrogens with two attached hydrogens (primary N) is 1. The number of hydrogen-bond acceptors (Lipinski definition) is 5. The highest BCUT2D eigenvalue weighted by atomic mass is 35.5. The number of amides is 1. The second-order valence-electron chi connectivity index (χ2n) is 5.99. The van der Waals surface area contributed by atoms with Crippen molar-refractivity contribution in [1.29, 1.82) is 0 Å². The molecule has 7 nitrogen and oxygen atoms in total. The fourth-order valence-corrected chi connectivity index (χ4v) is 3.93. The van der Waals surface area contributed by atoms with Gasteiger partial charge in [0.15, 0.2) is 0 Å². The van der Waals surface area contributed by atoms with Gasteiger partial charge in [0.2, 0.25) is 15.9 Å². The minimum Gasteiger partial charge on any atom is -0.372 e. The van der Waals surface area contributed by atoms with E-state index in [0.29, 0.717) is 26.3 Å². The first kappa shape index (κ1) is 19.1. The lowest BCUT2D eigenvalue weighted by atomic mass is 10.1. The van der Waals surface area contributed by atoms with Gasteiger partial charge in [-0.15, -0.1) is 12.4 Å². The van der Waals surface area contributed by atoms with Gasteiger partial charge < -0.3 is 15.4 Å². The maximum absolute atomic E-state index is 12.3. The van der Waals surface area contributed by atoms with Gasteiger partial charge in [-0.25, -0.2) is 13.1 Å². The lowest BCUT2D eigenvalue weighted by molar-refractivity contribution is -0.131. The molecule has 0 aliphatic carbocycles. The van der Waals surface area contributed by atoms with Crippen LogP contribution in [0.3, 0.4) is 0 Å². The largest absolute Gasteiger partial charge is 0.372 e. The van der Waals surface area contributed by atoms with E-state index in [2.05, 4.69) is 4.72 Å². The van der Waals surface area contributed by atoms with Crippen LogP contribution < -0.4 is 10.5 Å². The number of ether oxygens (including phenoxy) is 1. The smallest absolute Gasteiger partial charge is 0.241 e. The van der Waals surface area contributed by atoms with Crippen LogP contribution in [0.4, 0.5) is 0 Å². The third kappa shape index (κ3) is 4.25. The Morgan fingerprint density at radius 1 is 1.33 bits per heavy atom. The summed E-state index contributed by atoms with van der Waals surface area (Å²) in [6.07, 6.45) is 1.75. The summed E-state index contributed by atoms with van der Waals surface area (Å²) < 4.78 is 32.3. The van der Waals surface area contributed by atoms with Crippen molar-refractivity contribution in [3.05, 3.63) is 29.3 Å². The van der Waals surface area contributed by atoms with E-state index in [1.807, 2.05) is 0 Å². The van der Waals surface area contributed by atoms with Crippen molar-refractivity contribution in [3.63, 3.8) is 0 Å². The topological polar surface area (TPSA) is 102 Å². The number of rotatable bonds is 4. The molecule has 3 N–H and O–H groups in total. The summed E-state index contributed by atoms with van der Waals surface area (Å²) >= 11 is 0. The van der Waals surface area contributed by atoms with Crippen LogP contribution in [0.25, 0.3) is 0 Å². The molecular formula is C15H22ClN3O4S. The van der Waals surface area contributed by atoms with Crippen LogP contribution in [0, 0.1) is 0 Å². The Balaban J connectivity index is 0.00000208. The molecule has 1 atom stereocenters. The average molecular weight is 376 g/mol. The van der Waals surface area contributed by atoms with Gasteiger partial charge >= 0.3 is 0 Å². The molecule has 24 heavy (non-hydrogen) atoms. The number of likely N-dealkylation sites (tertiary alicyclic amines) is 1. The summed E-state index contributed by atoms with van der Waals surface area (Å²) in [6.45, 7) is 1.80. The first-order valence-electron chi connectivity index (χ1n) is 7.68. The molecule has 1 aromatic carbocycles. The van der Waals surface area contributed by atoms with E-state index in [9.17, 15) is 13.2 Å². The van der Waals surface area contributed by atoms with E-state index in [4.69, 9.17) is 10.5 Å². The average Bonchev–Trinajstić information content (AvgIpc) is 3.00. The van der Waals surface area contributed by atoms with Crippen LogP contribution in [0.1, 0.15) is 24.0 Å². The molecule has 3 rings (SSSR count). The van der Waals surface area contributed by atoms with Gasteiger partial charge in [0, 0.05) is 19.1 Å². The predicted octanol–water partition coefficient (Wildman–Crippen LogP) is 0.367. The Morgan fingerprint density at radius 3 is 2.83 bits per heavy atom. The van der Waals surface area contributed by atoms with Gasteiger partial charge in [-0.05, 0) is 36.1 Å². The minimum absolute atomic E-state index is 0. The number of sulfonamides is 1. The van der Waals surface area contributed by atoms with Crippen LogP contribution in [0.2, 0.25) is 0 Å². The Kier molecular flexibility index (Phi) is 6.22. The molecule has 2 aliphatic heterocycles. The number of piperidine rings is 1. The summed E-state index contributed by atoms with van der Waals surface area (Å²) in [4.78, 5) is 13.9. The monoisotopic (exact) mass is 375 g/mol. The zero-order valence-corrected chi connectivity index (χ0v) is 14.9. The molecule has 0 radical (unpaired) electrons. The number of fused-ring (bicyclic) bond motifs is 1. The van der Waals surface area contributed by atoms with Crippen LogP contribution in [0.15, 0.2) is 23.1 Å². The van der Waals surface area contributed by atoms with E-state index in [0.717, 1.165) is 24.0 Å². The van der Waals surface area contributed by atoms with Crippen molar-refractivity contribution >= 4 is 28.3 Å². The molecule has 1 amide bonds. The summed E-state index contributed by atoms with van der Waals surface area (Å²) in [5.74, 6) is -0.242. The first-order valence-corrected chi connectivity index (χ1v) is 9.16. The number of nitrogens with zero attached hydrogens (tertiary/aromatic N) is 1. The maximum Gasteiger partial charge on any atom is 0.241 e. The Bertz CT molecular complexity index is 711. The Hall–Kier alpha value is -1.19. The summed E-state index contributed by atoms with van der Waals surface area (Å²) in [5, 5.41) is 0. The number of carbonyl (C=O) groups is 1. The second kappa shape index (κ2) is 7.79. The number of halogens is 1. The molecule has 0 aromatic heterocycles. The molecule has 2 aliphatic rings. The van der Waals surface area contributed by atoms with Gasteiger partial charge in [0.05, 0.1) is 24.7 Å². The lowest BCUT2D eigenvalue weighted by Gasteiger charge is -2.30. The molecule has 0 spiro atoms. The summed E-state index contributed by atoms with van der Waals surface area (Å²) in [6, 6.07) is 4.87. The van der Waals surface area contributed by atoms with E-state index >= 15 is 0 Å². The van der Waals surface area contributed by atoms with Gasteiger partial charge in [-0.1, -0.05) is 6.07 Å². The van der Waals surface area contributed by atoms with E-state index in [-0.39, 0.29) is 35.8 Å². The molecule has 1 fully saturated rings. The highest BCUT2D eigenvalue weighted by Gasteiger charge is 2.24. The van der Waals surface area contributed by atoms with Crippen molar-refractivity contribution < 1.29 is 17.9 Å². The third-order valence-corrected chi connectivity index (χ3v) is 5.63. The molecule has 0 saturated carbocycles. The fourth-order valence-electron chi connectivity index (χ4n) is 2.90. The zero-order chi connectivity index (χ0) is 16.4. The molecular weight excluding hydrogens is 354 g/mol. The molecule has 2 heterocycles. The van der Waals surface area contributed by atoms with Crippen molar-refractivity contribution in [3.8, 4) is 0 Å². The molecule has 1 unspecified atom stereocenters. The van der Waals surface area contributed by atoms with Crippen molar-refractivity contribution in [2.24, 2.45) is 5.73 Å². The number of hydrogen-bond donors (Lipinski definition) is 2. The fraction of sp³-hybridized carbons (Fsp3) is 0.533. The normalized spacial score (nSPS) is 20.4. The quantitative estimate of drug-likeness (QED) is 0.791. The van der Waals surface area contributed by atoms with Crippen LogP contribution in [0.5, 0.6) is 0 Å². The van der Waals surface area contributed by atoms with Crippen molar-refractivity contribution in [1.82, 2.24) is 9.62 Å². The second-order valence-corrected chi connectivity index (χ2v) is 7.76. The van der Waals surface area contributed by atoms with Crippen LogP contribution in [-0.2, 0) is 32.8 Å². The Labute approximate surface area is 148 Å². The van der Waals surface area contributed by atoms with Gasteiger partial charge in [0.25, 0.3) is 0 Å². The molecule has 1 saturated heterocycles. The lowest BCUT2D eigenvalue weighted by Crippen LogP contribution is -2.48. The summed E-state index contributed by atoms with van der Waals surface area (Å²) in [7, 11) is -3.71. The predicted molar refractivity (Wildman–Crippen MR) is 91.2 cm³/mol. The standard InChI is InChI=1S/C15H21N3O4S.ClH/c16-13-2-1-5-18(8-13)15(19)7-17-23(20,21)14-4-3-11-9-22-10-12(11)6-14;/h3-4,6,13,17H,1-2,5,7-10,16H2;1H. The highest BCUT2D eigenvalue weighted by Crippen LogP contribution is 2.22. The molecule has 9 heteroatoms. The van der Waals surface area contributed by atoms with Crippen LogP contribution >= 0.6 is 12.4 Å². The SMILES string of the molecule is Cl.NC1CCCN(C(=O)CNS(=O)(=O)c2ccc3c(c2)COC3)C1. The number of benzene rings is 1. The molecule has 1 aromatic rings.